The third kappa shape index (κ3) is 3.09. The van der Waals surface area contributed by atoms with Crippen molar-refractivity contribution in [3.63, 3.8) is 0 Å². The molecule has 0 aliphatic carbocycles. The molecule has 1 aliphatic rings. The van der Waals surface area contributed by atoms with Gasteiger partial charge in [0.2, 0.25) is 0 Å². The van der Waals surface area contributed by atoms with Crippen molar-refractivity contribution in [1.29, 1.82) is 0 Å². The molecule has 1 heterocycles. The standard InChI is InChI=1S/C16H17ClN2/c17-15-6-3-7-16(10-15)18-8-9-19-11-13-4-1-2-5-14(13)12-19/h1-7,10,18H,8-9,11-12H2. The quantitative estimate of drug-likeness (QED) is 0.912. The summed E-state index contributed by atoms with van der Waals surface area (Å²) in [5.41, 5.74) is 4.01. The minimum Gasteiger partial charge on any atom is -0.384 e. The summed E-state index contributed by atoms with van der Waals surface area (Å²) >= 11 is 5.96. The van der Waals surface area contributed by atoms with Crippen LogP contribution in [0.25, 0.3) is 0 Å². The van der Waals surface area contributed by atoms with E-state index in [9.17, 15) is 0 Å². The van der Waals surface area contributed by atoms with Crippen molar-refractivity contribution in [2.75, 3.05) is 18.4 Å². The summed E-state index contributed by atoms with van der Waals surface area (Å²) in [7, 11) is 0. The molecule has 0 fully saturated rings. The van der Waals surface area contributed by atoms with Gasteiger partial charge in [-0.25, -0.2) is 0 Å². The van der Waals surface area contributed by atoms with Gasteiger partial charge in [-0.3, -0.25) is 4.90 Å². The first-order valence-electron chi connectivity index (χ1n) is 6.60. The molecule has 1 aliphatic heterocycles. The third-order valence-corrected chi connectivity index (χ3v) is 3.72. The van der Waals surface area contributed by atoms with E-state index in [0.717, 1.165) is 36.9 Å². The van der Waals surface area contributed by atoms with Crippen LogP contribution in [0.4, 0.5) is 5.69 Å². The number of fused-ring (bicyclic) bond motifs is 1. The average Bonchev–Trinajstić information content (AvgIpc) is 2.81. The van der Waals surface area contributed by atoms with E-state index in [1.54, 1.807) is 0 Å². The number of nitrogens with zero attached hydrogens (tertiary/aromatic N) is 1. The number of benzene rings is 2. The lowest BCUT2D eigenvalue weighted by Crippen LogP contribution is -2.23. The number of anilines is 1. The second-order valence-electron chi connectivity index (χ2n) is 4.92. The molecule has 19 heavy (non-hydrogen) atoms. The van der Waals surface area contributed by atoms with Gasteiger partial charge in [-0.1, -0.05) is 41.9 Å². The van der Waals surface area contributed by atoms with Crippen LogP contribution in [0.3, 0.4) is 0 Å². The highest BCUT2D eigenvalue weighted by Crippen LogP contribution is 2.21. The topological polar surface area (TPSA) is 15.3 Å². The molecule has 98 valence electrons. The van der Waals surface area contributed by atoms with Crippen LogP contribution < -0.4 is 5.32 Å². The Balaban J connectivity index is 1.50. The average molecular weight is 273 g/mol. The monoisotopic (exact) mass is 272 g/mol. The molecule has 3 rings (SSSR count). The molecule has 1 N–H and O–H groups in total. The fraction of sp³-hybridized carbons (Fsp3) is 0.250. The van der Waals surface area contributed by atoms with Gasteiger partial charge in [0.25, 0.3) is 0 Å². The molecule has 0 bridgehead atoms. The van der Waals surface area contributed by atoms with Crippen LogP contribution in [0.2, 0.25) is 5.02 Å². The first-order valence-corrected chi connectivity index (χ1v) is 6.98. The Hall–Kier alpha value is -1.51. The highest BCUT2D eigenvalue weighted by atomic mass is 35.5. The zero-order valence-corrected chi connectivity index (χ0v) is 11.5. The molecule has 2 nitrogen and oxygen atoms in total. The van der Waals surface area contributed by atoms with Gasteiger partial charge in [0.1, 0.15) is 0 Å². The Bertz CT molecular complexity index is 543. The number of hydrogen-bond donors (Lipinski definition) is 1. The second kappa shape index (κ2) is 5.64. The maximum absolute atomic E-state index is 5.96. The van der Waals surface area contributed by atoms with Crippen molar-refractivity contribution in [3.05, 3.63) is 64.7 Å². The summed E-state index contributed by atoms with van der Waals surface area (Å²) in [5.74, 6) is 0. The van der Waals surface area contributed by atoms with Gasteiger partial charge in [-0.2, -0.15) is 0 Å². The summed E-state index contributed by atoms with van der Waals surface area (Å²) in [5, 5.41) is 4.19. The van der Waals surface area contributed by atoms with Gasteiger partial charge >= 0.3 is 0 Å². The fourth-order valence-electron chi connectivity index (χ4n) is 2.52. The lowest BCUT2D eigenvalue weighted by atomic mass is 10.1. The van der Waals surface area contributed by atoms with E-state index in [0.29, 0.717) is 0 Å². The van der Waals surface area contributed by atoms with Crippen LogP contribution in [0.1, 0.15) is 11.1 Å². The number of halogens is 1. The van der Waals surface area contributed by atoms with Crippen LogP contribution >= 0.6 is 11.6 Å². The summed E-state index contributed by atoms with van der Waals surface area (Å²) in [4.78, 5) is 2.46. The Morgan fingerprint density at radius 2 is 1.74 bits per heavy atom. The molecule has 0 atom stereocenters. The Kier molecular flexibility index (Phi) is 3.72. The Labute approximate surface area is 119 Å². The molecule has 0 unspecified atom stereocenters. The van der Waals surface area contributed by atoms with E-state index >= 15 is 0 Å². The van der Waals surface area contributed by atoms with Gasteiger partial charge in [0.05, 0.1) is 0 Å². The molecule has 2 aromatic rings. The van der Waals surface area contributed by atoms with Crippen LogP contribution in [0.5, 0.6) is 0 Å². The fourth-order valence-corrected chi connectivity index (χ4v) is 2.71. The van der Waals surface area contributed by atoms with Gasteiger partial charge in [-0.05, 0) is 29.3 Å². The molecule has 0 saturated heterocycles. The van der Waals surface area contributed by atoms with Gasteiger partial charge in [0.15, 0.2) is 0 Å². The lowest BCUT2D eigenvalue weighted by molar-refractivity contribution is 0.296. The van der Waals surface area contributed by atoms with Crippen LogP contribution in [-0.2, 0) is 13.1 Å². The predicted molar refractivity (Wildman–Crippen MR) is 80.5 cm³/mol. The molecule has 0 saturated carbocycles. The van der Waals surface area contributed by atoms with Crippen LogP contribution in [0, 0.1) is 0 Å². The molecular weight excluding hydrogens is 256 g/mol. The van der Waals surface area contributed by atoms with E-state index in [2.05, 4.69) is 34.5 Å². The largest absolute Gasteiger partial charge is 0.384 e. The van der Waals surface area contributed by atoms with E-state index in [4.69, 9.17) is 11.6 Å². The molecule has 3 heteroatoms. The van der Waals surface area contributed by atoms with E-state index in [1.807, 2.05) is 24.3 Å². The maximum Gasteiger partial charge on any atom is 0.0426 e. The minimum absolute atomic E-state index is 0.776. The summed E-state index contributed by atoms with van der Waals surface area (Å²) < 4.78 is 0. The molecule has 0 aromatic heterocycles. The van der Waals surface area contributed by atoms with Gasteiger partial charge in [0, 0.05) is 36.9 Å². The van der Waals surface area contributed by atoms with Crippen LogP contribution in [-0.4, -0.2) is 18.0 Å². The van der Waals surface area contributed by atoms with Crippen molar-refractivity contribution in [1.82, 2.24) is 4.90 Å². The number of hydrogen-bond acceptors (Lipinski definition) is 2. The first-order chi connectivity index (χ1) is 9.31. The van der Waals surface area contributed by atoms with Crippen molar-refractivity contribution in [3.8, 4) is 0 Å². The van der Waals surface area contributed by atoms with Crippen molar-refractivity contribution >= 4 is 17.3 Å². The minimum atomic E-state index is 0.776. The SMILES string of the molecule is Clc1cccc(NCCN2Cc3ccccc3C2)c1. The Morgan fingerprint density at radius 3 is 2.42 bits per heavy atom. The highest BCUT2D eigenvalue weighted by molar-refractivity contribution is 6.30. The Morgan fingerprint density at radius 1 is 1.00 bits per heavy atom. The third-order valence-electron chi connectivity index (χ3n) is 3.49. The molecular formula is C16H17ClN2. The van der Waals surface area contributed by atoms with Crippen molar-refractivity contribution in [2.24, 2.45) is 0 Å². The molecule has 2 aromatic carbocycles. The number of rotatable bonds is 4. The molecule has 0 spiro atoms. The van der Waals surface area contributed by atoms with E-state index in [-0.39, 0.29) is 0 Å². The zero-order valence-electron chi connectivity index (χ0n) is 10.8. The normalized spacial score (nSPS) is 14.4. The summed E-state index contributed by atoms with van der Waals surface area (Å²) in [6.07, 6.45) is 0. The van der Waals surface area contributed by atoms with E-state index in [1.165, 1.54) is 11.1 Å². The van der Waals surface area contributed by atoms with Crippen molar-refractivity contribution < 1.29 is 0 Å². The van der Waals surface area contributed by atoms with Gasteiger partial charge < -0.3 is 5.32 Å². The predicted octanol–water partition coefficient (Wildman–Crippen LogP) is 3.77. The zero-order chi connectivity index (χ0) is 13.1. The first kappa shape index (κ1) is 12.5. The number of nitrogens with one attached hydrogen (secondary N) is 1. The summed E-state index contributed by atoms with van der Waals surface area (Å²) in [6.45, 7) is 4.11. The highest BCUT2D eigenvalue weighted by Gasteiger charge is 2.17. The smallest absolute Gasteiger partial charge is 0.0426 e. The van der Waals surface area contributed by atoms with Gasteiger partial charge in [-0.15, -0.1) is 0 Å². The van der Waals surface area contributed by atoms with Crippen molar-refractivity contribution in [2.45, 2.75) is 13.1 Å². The van der Waals surface area contributed by atoms with E-state index < -0.39 is 0 Å². The van der Waals surface area contributed by atoms with Crippen LogP contribution in [0.15, 0.2) is 48.5 Å². The maximum atomic E-state index is 5.96. The molecule has 0 radical (unpaired) electrons. The molecule has 0 amide bonds. The second-order valence-corrected chi connectivity index (χ2v) is 5.35. The summed E-state index contributed by atoms with van der Waals surface area (Å²) in [6, 6.07) is 16.5. The lowest BCUT2D eigenvalue weighted by Gasteiger charge is -2.15.